The van der Waals surface area contributed by atoms with Crippen LogP contribution in [0.5, 0.6) is 0 Å². The predicted molar refractivity (Wildman–Crippen MR) is 74.3 cm³/mol. The van der Waals surface area contributed by atoms with E-state index in [-0.39, 0.29) is 10.1 Å². The van der Waals surface area contributed by atoms with E-state index < -0.39 is 16.1 Å². The van der Waals surface area contributed by atoms with Gasteiger partial charge in [0.25, 0.3) is 0 Å². The van der Waals surface area contributed by atoms with E-state index in [2.05, 4.69) is 0 Å². The van der Waals surface area contributed by atoms with Gasteiger partial charge < -0.3 is 5.11 Å². The number of sulfonamides is 1. The van der Waals surface area contributed by atoms with Gasteiger partial charge in [0.1, 0.15) is 0 Å². The number of benzene rings is 1. The number of aliphatic hydroxyl groups is 1. The third kappa shape index (κ3) is 3.71. The lowest BCUT2D eigenvalue weighted by molar-refractivity contribution is 0.196. The largest absolute Gasteiger partial charge is 0.392 e. The molecule has 0 radical (unpaired) electrons. The molecule has 1 rings (SSSR count). The highest BCUT2D eigenvalue weighted by molar-refractivity contribution is 8.00. The molecule has 0 fully saturated rings. The van der Waals surface area contributed by atoms with Gasteiger partial charge in [0.2, 0.25) is 10.0 Å². The van der Waals surface area contributed by atoms with Gasteiger partial charge in [-0.15, -0.1) is 11.8 Å². The first kappa shape index (κ1) is 15.5. The minimum Gasteiger partial charge on any atom is -0.392 e. The van der Waals surface area contributed by atoms with Crippen LogP contribution in [-0.2, 0) is 10.0 Å². The SMILES string of the molecule is CC(O)C(C)Sc1ccc(S(=O)(=O)N(C)C)cc1. The zero-order valence-electron chi connectivity index (χ0n) is 11.0. The van der Waals surface area contributed by atoms with E-state index in [9.17, 15) is 13.5 Å². The second-order valence-corrected chi connectivity index (χ2v) is 7.92. The van der Waals surface area contributed by atoms with Crippen molar-refractivity contribution in [2.24, 2.45) is 0 Å². The zero-order valence-corrected chi connectivity index (χ0v) is 12.6. The van der Waals surface area contributed by atoms with Gasteiger partial charge in [-0.1, -0.05) is 6.92 Å². The fraction of sp³-hybridized carbons (Fsp3) is 0.500. The second kappa shape index (κ2) is 6.06. The molecule has 0 spiro atoms. The molecule has 0 saturated carbocycles. The second-order valence-electron chi connectivity index (χ2n) is 4.32. The molecule has 1 aromatic carbocycles. The fourth-order valence-electron chi connectivity index (χ4n) is 1.21. The van der Waals surface area contributed by atoms with E-state index in [1.54, 1.807) is 31.2 Å². The lowest BCUT2D eigenvalue weighted by Gasteiger charge is -2.15. The molecule has 0 aliphatic heterocycles. The molecular formula is C12H19NO3S2. The van der Waals surface area contributed by atoms with Gasteiger partial charge in [-0.05, 0) is 31.2 Å². The maximum Gasteiger partial charge on any atom is 0.242 e. The Morgan fingerprint density at radius 1 is 1.17 bits per heavy atom. The summed E-state index contributed by atoms with van der Waals surface area (Å²) >= 11 is 1.52. The van der Waals surface area contributed by atoms with Crippen molar-refractivity contribution in [3.05, 3.63) is 24.3 Å². The van der Waals surface area contributed by atoms with E-state index in [0.29, 0.717) is 0 Å². The number of hydrogen-bond acceptors (Lipinski definition) is 4. The lowest BCUT2D eigenvalue weighted by atomic mass is 10.3. The molecule has 1 aromatic rings. The lowest BCUT2D eigenvalue weighted by Crippen LogP contribution is -2.22. The molecule has 6 heteroatoms. The standard InChI is InChI=1S/C12H19NO3S2/c1-9(14)10(2)17-11-5-7-12(8-6-11)18(15,16)13(3)4/h5-10,14H,1-4H3. The van der Waals surface area contributed by atoms with Gasteiger partial charge in [0.05, 0.1) is 11.0 Å². The fourth-order valence-corrected chi connectivity index (χ4v) is 3.04. The van der Waals surface area contributed by atoms with Gasteiger partial charge in [-0.2, -0.15) is 0 Å². The van der Waals surface area contributed by atoms with Crippen LogP contribution in [0, 0.1) is 0 Å². The molecule has 0 bridgehead atoms. The van der Waals surface area contributed by atoms with Gasteiger partial charge in [0, 0.05) is 24.2 Å². The normalized spacial score (nSPS) is 15.7. The van der Waals surface area contributed by atoms with Crippen molar-refractivity contribution in [2.45, 2.75) is 35.0 Å². The first-order valence-corrected chi connectivity index (χ1v) is 7.94. The summed E-state index contributed by atoms with van der Waals surface area (Å²) in [4.78, 5) is 1.22. The van der Waals surface area contributed by atoms with Crippen LogP contribution in [0.2, 0.25) is 0 Å². The van der Waals surface area contributed by atoms with Gasteiger partial charge in [0.15, 0.2) is 0 Å². The Morgan fingerprint density at radius 2 is 1.67 bits per heavy atom. The van der Waals surface area contributed by atoms with E-state index in [1.807, 2.05) is 6.92 Å². The summed E-state index contributed by atoms with van der Waals surface area (Å²) in [5.41, 5.74) is 0. The third-order valence-corrected chi connectivity index (χ3v) is 5.74. The minimum absolute atomic E-state index is 0.0707. The van der Waals surface area contributed by atoms with Crippen LogP contribution < -0.4 is 0 Å². The number of hydrogen-bond donors (Lipinski definition) is 1. The number of thioether (sulfide) groups is 1. The van der Waals surface area contributed by atoms with Gasteiger partial charge in [-0.25, -0.2) is 12.7 Å². The van der Waals surface area contributed by atoms with Crippen LogP contribution in [0.25, 0.3) is 0 Å². The Bertz CT molecular complexity index is 481. The Labute approximate surface area is 113 Å². The Balaban J connectivity index is 2.88. The average Bonchev–Trinajstić information content (AvgIpc) is 2.29. The number of rotatable bonds is 5. The van der Waals surface area contributed by atoms with Gasteiger partial charge >= 0.3 is 0 Å². The highest BCUT2D eigenvalue weighted by Gasteiger charge is 2.17. The van der Waals surface area contributed by atoms with Crippen LogP contribution in [0.4, 0.5) is 0 Å². The molecular weight excluding hydrogens is 270 g/mol. The first-order chi connectivity index (χ1) is 8.25. The van der Waals surface area contributed by atoms with Crippen molar-refractivity contribution in [2.75, 3.05) is 14.1 Å². The van der Waals surface area contributed by atoms with Crippen LogP contribution >= 0.6 is 11.8 Å². The van der Waals surface area contributed by atoms with Gasteiger partial charge in [-0.3, -0.25) is 0 Å². The first-order valence-electron chi connectivity index (χ1n) is 5.62. The average molecular weight is 289 g/mol. The number of aliphatic hydroxyl groups excluding tert-OH is 1. The van der Waals surface area contributed by atoms with E-state index in [1.165, 1.54) is 30.2 Å². The summed E-state index contributed by atoms with van der Waals surface area (Å²) in [6, 6.07) is 6.71. The Morgan fingerprint density at radius 3 is 2.06 bits per heavy atom. The smallest absolute Gasteiger partial charge is 0.242 e. The summed E-state index contributed by atoms with van der Waals surface area (Å²) in [7, 11) is -0.349. The van der Waals surface area contributed by atoms with Crippen molar-refractivity contribution >= 4 is 21.8 Å². The maximum absolute atomic E-state index is 11.9. The molecule has 0 aliphatic carbocycles. The quantitative estimate of drug-likeness (QED) is 0.840. The van der Waals surface area contributed by atoms with Crippen LogP contribution in [0.15, 0.2) is 34.1 Å². The van der Waals surface area contributed by atoms with Crippen molar-refractivity contribution in [3.63, 3.8) is 0 Å². The topological polar surface area (TPSA) is 57.6 Å². The van der Waals surface area contributed by atoms with E-state index >= 15 is 0 Å². The monoisotopic (exact) mass is 289 g/mol. The molecule has 0 saturated heterocycles. The molecule has 0 aliphatic rings. The predicted octanol–water partition coefficient (Wildman–Crippen LogP) is 1.80. The molecule has 1 N–H and O–H groups in total. The summed E-state index contributed by atoms with van der Waals surface area (Å²) < 4.78 is 24.9. The number of nitrogens with zero attached hydrogens (tertiary/aromatic N) is 1. The molecule has 2 unspecified atom stereocenters. The molecule has 0 aromatic heterocycles. The summed E-state index contributed by atoms with van der Waals surface area (Å²) in [5.74, 6) is 0. The summed E-state index contributed by atoms with van der Waals surface area (Å²) in [5, 5.41) is 9.49. The molecule has 2 atom stereocenters. The molecule has 18 heavy (non-hydrogen) atoms. The molecule has 0 amide bonds. The highest BCUT2D eigenvalue weighted by Crippen LogP contribution is 2.26. The minimum atomic E-state index is -3.36. The molecule has 4 nitrogen and oxygen atoms in total. The molecule has 0 heterocycles. The molecule has 102 valence electrons. The van der Waals surface area contributed by atoms with E-state index in [4.69, 9.17) is 0 Å². The zero-order chi connectivity index (χ0) is 13.9. The van der Waals surface area contributed by atoms with Crippen molar-refractivity contribution in [1.29, 1.82) is 0 Å². The van der Waals surface area contributed by atoms with E-state index in [0.717, 1.165) is 4.90 Å². The summed E-state index contributed by atoms with van der Waals surface area (Å²) in [6.45, 7) is 3.67. The maximum atomic E-state index is 11.9. The van der Waals surface area contributed by atoms with Crippen LogP contribution in [-0.4, -0.2) is 43.3 Å². The van der Waals surface area contributed by atoms with Crippen molar-refractivity contribution in [3.8, 4) is 0 Å². The highest BCUT2D eigenvalue weighted by atomic mass is 32.2. The summed E-state index contributed by atoms with van der Waals surface area (Å²) in [6.07, 6.45) is -0.403. The Kier molecular flexibility index (Phi) is 5.21. The third-order valence-electron chi connectivity index (χ3n) is 2.60. The van der Waals surface area contributed by atoms with Crippen molar-refractivity contribution < 1.29 is 13.5 Å². The Hall–Kier alpha value is -0.560. The van der Waals surface area contributed by atoms with Crippen LogP contribution in [0.3, 0.4) is 0 Å². The van der Waals surface area contributed by atoms with Crippen LogP contribution in [0.1, 0.15) is 13.8 Å². The van der Waals surface area contributed by atoms with Crippen molar-refractivity contribution in [1.82, 2.24) is 4.31 Å².